The van der Waals surface area contributed by atoms with Gasteiger partial charge in [0.25, 0.3) is 0 Å². The van der Waals surface area contributed by atoms with Crippen LogP contribution in [0.5, 0.6) is 0 Å². The highest BCUT2D eigenvalue weighted by Crippen LogP contribution is 2.28. The number of anilines is 2. The van der Waals surface area contributed by atoms with Crippen molar-refractivity contribution in [2.75, 3.05) is 5.32 Å². The number of nitrogens with one attached hydrogen (secondary N) is 1. The number of aromatic carboxylic acids is 1. The number of nitrogens with zero attached hydrogens (tertiary/aromatic N) is 1. The van der Waals surface area contributed by atoms with E-state index in [0.717, 1.165) is 10.2 Å². The number of carboxylic acids is 1. The summed E-state index contributed by atoms with van der Waals surface area (Å²) in [5.74, 6) is -1.00. The normalized spacial score (nSPS) is 9.85. The lowest BCUT2D eigenvalue weighted by molar-refractivity contribution is 0.0696. The summed E-state index contributed by atoms with van der Waals surface area (Å²) in [6.45, 7) is 0. The third-order valence-corrected chi connectivity index (χ3v) is 3.92. The smallest absolute Gasteiger partial charge is 0.336 e. The maximum atomic E-state index is 11.1. The van der Waals surface area contributed by atoms with Gasteiger partial charge in [0, 0.05) is 14.6 Å². The number of carboxylic acid groups (broad SMARTS) is 1. The summed E-state index contributed by atoms with van der Waals surface area (Å²) in [7, 11) is 0. The lowest BCUT2D eigenvalue weighted by atomic mass is 10.2. The van der Waals surface area contributed by atoms with Crippen molar-refractivity contribution in [3.8, 4) is 6.07 Å². The van der Waals surface area contributed by atoms with E-state index in [9.17, 15) is 4.79 Å². The number of benzene rings is 2. The van der Waals surface area contributed by atoms with E-state index in [0.29, 0.717) is 15.7 Å². The summed E-state index contributed by atoms with van der Waals surface area (Å²) in [4.78, 5) is 11.1. The fourth-order valence-corrected chi connectivity index (χ4v) is 2.50. The minimum atomic E-state index is -1.00. The molecule has 0 saturated carbocycles. The molecule has 0 heterocycles. The number of hydrogen-bond donors (Lipinski definition) is 2. The highest BCUT2D eigenvalue weighted by Gasteiger charge is 2.10. The summed E-state index contributed by atoms with van der Waals surface area (Å²) in [5.41, 5.74) is 2.13. The molecule has 0 spiro atoms. The van der Waals surface area contributed by atoms with Crippen LogP contribution in [0.25, 0.3) is 0 Å². The van der Waals surface area contributed by atoms with Gasteiger partial charge in [0.2, 0.25) is 0 Å². The quantitative estimate of drug-likeness (QED) is 0.800. The van der Waals surface area contributed by atoms with Crippen LogP contribution in [0.4, 0.5) is 11.4 Å². The standard InChI is InChI=1S/C14H8Br2N2O2/c15-11-3-2-9(6-10(11)14(19)20)18-13-4-1-8(7-17)5-12(13)16/h1-6,18H,(H,19,20). The van der Waals surface area contributed by atoms with E-state index in [-0.39, 0.29) is 5.56 Å². The Hall–Kier alpha value is -1.84. The lowest BCUT2D eigenvalue weighted by Crippen LogP contribution is -2.00. The summed E-state index contributed by atoms with van der Waals surface area (Å²) in [6.07, 6.45) is 0. The van der Waals surface area contributed by atoms with Crippen LogP contribution >= 0.6 is 31.9 Å². The highest BCUT2D eigenvalue weighted by atomic mass is 79.9. The molecule has 0 fully saturated rings. The van der Waals surface area contributed by atoms with Gasteiger partial charge in [0.1, 0.15) is 0 Å². The van der Waals surface area contributed by atoms with E-state index in [4.69, 9.17) is 10.4 Å². The van der Waals surface area contributed by atoms with Gasteiger partial charge in [-0.15, -0.1) is 0 Å². The molecule has 0 aromatic heterocycles. The third kappa shape index (κ3) is 3.18. The molecule has 0 aliphatic carbocycles. The highest BCUT2D eigenvalue weighted by molar-refractivity contribution is 9.11. The lowest BCUT2D eigenvalue weighted by Gasteiger charge is -2.10. The topological polar surface area (TPSA) is 73.1 Å². The van der Waals surface area contributed by atoms with Crippen molar-refractivity contribution in [3.05, 3.63) is 56.5 Å². The van der Waals surface area contributed by atoms with Gasteiger partial charge in [-0.3, -0.25) is 0 Å². The Labute approximate surface area is 132 Å². The molecule has 2 aromatic carbocycles. The zero-order chi connectivity index (χ0) is 14.7. The summed E-state index contributed by atoms with van der Waals surface area (Å²) >= 11 is 6.56. The van der Waals surface area contributed by atoms with Crippen LogP contribution in [0, 0.1) is 11.3 Å². The SMILES string of the molecule is N#Cc1ccc(Nc2ccc(Br)c(C(=O)O)c2)c(Br)c1. The van der Waals surface area contributed by atoms with Gasteiger partial charge in [0.05, 0.1) is 22.9 Å². The van der Waals surface area contributed by atoms with Crippen molar-refractivity contribution in [2.24, 2.45) is 0 Å². The van der Waals surface area contributed by atoms with Crippen LogP contribution in [-0.4, -0.2) is 11.1 Å². The molecule has 2 rings (SSSR count). The summed E-state index contributed by atoms with van der Waals surface area (Å²) < 4.78 is 1.26. The Bertz CT molecular complexity index is 724. The van der Waals surface area contributed by atoms with Crippen molar-refractivity contribution in [2.45, 2.75) is 0 Å². The van der Waals surface area contributed by atoms with Crippen molar-refractivity contribution in [1.29, 1.82) is 5.26 Å². The van der Waals surface area contributed by atoms with Crippen molar-refractivity contribution < 1.29 is 9.90 Å². The Kier molecular flexibility index (Phi) is 4.42. The molecule has 0 radical (unpaired) electrons. The molecule has 2 N–H and O–H groups in total. The molecule has 100 valence electrons. The Morgan fingerprint density at radius 2 is 1.90 bits per heavy atom. The van der Waals surface area contributed by atoms with Gasteiger partial charge in [-0.1, -0.05) is 0 Å². The predicted octanol–water partition coefficient (Wildman–Crippen LogP) is 4.53. The minimum absolute atomic E-state index is 0.180. The zero-order valence-corrected chi connectivity index (χ0v) is 13.2. The van der Waals surface area contributed by atoms with Gasteiger partial charge >= 0.3 is 5.97 Å². The largest absolute Gasteiger partial charge is 0.478 e. The average Bonchev–Trinajstić information content (AvgIpc) is 2.42. The molecular weight excluding hydrogens is 388 g/mol. The number of carbonyl (C=O) groups is 1. The number of nitriles is 1. The second-order valence-electron chi connectivity index (χ2n) is 3.93. The molecule has 6 heteroatoms. The Morgan fingerprint density at radius 3 is 2.50 bits per heavy atom. The van der Waals surface area contributed by atoms with Crippen molar-refractivity contribution >= 4 is 49.2 Å². The third-order valence-electron chi connectivity index (χ3n) is 2.57. The first kappa shape index (κ1) is 14.6. The monoisotopic (exact) mass is 394 g/mol. The minimum Gasteiger partial charge on any atom is -0.478 e. The maximum Gasteiger partial charge on any atom is 0.336 e. The molecule has 0 bridgehead atoms. The second kappa shape index (κ2) is 6.07. The second-order valence-corrected chi connectivity index (χ2v) is 5.64. The number of rotatable bonds is 3. The van der Waals surface area contributed by atoms with Crippen LogP contribution in [0.2, 0.25) is 0 Å². The molecule has 0 unspecified atom stereocenters. The zero-order valence-electron chi connectivity index (χ0n) is 10.0. The van der Waals surface area contributed by atoms with E-state index >= 15 is 0 Å². The van der Waals surface area contributed by atoms with Crippen molar-refractivity contribution in [1.82, 2.24) is 0 Å². The van der Waals surface area contributed by atoms with Crippen LogP contribution in [-0.2, 0) is 0 Å². The molecular formula is C14H8Br2N2O2. The molecule has 0 amide bonds. The molecule has 0 saturated heterocycles. The maximum absolute atomic E-state index is 11.1. The van der Waals surface area contributed by atoms with E-state index in [1.54, 1.807) is 30.3 Å². The van der Waals surface area contributed by atoms with E-state index in [1.807, 2.05) is 6.07 Å². The molecule has 0 aliphatic heterocycles. The molecule has 20 heavy (non-hydrogen) atoms. The van der Waals surface area contributed by atoms with Crippen LogP contribution < -0.4 is 5.32 Å². The summed E-state index contributed by atoms with van der Waals surface area (Å²) in [5, 5.41) is 21.0. The van der Waals surface area contributed by atoms with E-state index in [1.165, 1.54) is 6.07 Å². The average molecular weight is 396 g/mol. The van der Waals surface area contributed by atoms with Gasteiger partial charge in [-0.25, -0.2) is 4.79 Å². The first-order valence-electron chi connectivity index (χ1n) is 5.51. The van der Waals surface area contributed by atoms with Crippen LogP contribution in [0.1, 0.15) is 15.9 Å². The summed E-state index contributed by atoms with van der Waals surface area (Å²) in [6, 6.07) is 12.2. The van der Waals surface area contributed by atoms with E-state index in [2.05, 4.69) is 37.2 Å². The van der Waals surface area contributed by atoms with Crippen LogP contribution in [0.15, 0.2) is 45.3 Å². The molecule has 0 aliphatic rings. The van der Waals surface area contributed by atoms with Crippen molar-refractivity contribution in [3.63, 3.8) is 0 Å². The van der Waals surface area contributed by atoms with Gasteiger partial charge < -0.3 is 10.4 Å². The van der Waals surface area contributed by atoms with Gasteiger partial charge in [-0.2, -0.15) is 5.26 Å². The Morgan fingerprint density at radius 1 is 1.15 bits per heavy atom. The molecule has 2 aromatic rings. The first-order valence-corrected chi connectivity index (χ1v) is 7.09. The first-order chi connectivity index (χ1) is 9.51. The van der Waals surface area contributed by atoms with E-state index < -0.39 is 5.97 Å². The van der Waals surface area contributed by atoms with Crippen LogP contribution in [0.3, 0.4) is 0 Å². The molecule has 0 atom stereocenters. The van der Waals surface area contributed by atoms with Gasteiger partial charge in [0.15, 0.2) is 0 Å². The Balaban J connectivity index is 2.33. The number of hydrogen-bond acceptors (Lipinski definition) is 3. The fraction of sp³-hybridized carbons (Fsp3) is 0. The predicted molar refractivity (Wildman–Crippen MR) is 83.2 cm³/mol. The van der Waals surface area contributed by atoms with Gasteiger partial charge in [-0.05, 0) is 68.3 Å². The number of halogens is 2. The molecule has 4 nitrogen and oxygen atoms in total. The fourth-order valence-electron chi connectivity index (χ4n) is 1.61.